The third-order valence-electron chi connectivity index (χ3n) is 3.20. The van der Waals surface area contributed by atoms with Gasteiger partial charge in [-0.15, -0.1) is 0 Å². The number of hydrogen-bond donors (Lipinski definition) is 2. The minimum atomic E-state index is 0.297. The molecule has 1 fully saturated rings. The first-order valence-electron chi connectivity index (χ1n) is 5.10. The second-order valence-corrected chi connectivity index (χ2v) is 4.07. The number of rotatable bonds is 4. The molecule has 2 unspecified atom stereocenters. The lowest BCUT2D eigenvalue weighted by Crippen LogP contribution is -2.25. The quantitative estimate of drug-likeness (QED) is 0.672. The third-order valence-corrected chi connectivity index (χ3v) is 3.20. The maximum absolute atomic E-state index is 9.00. The van der Waals surface area contributed by atoms with Gasteiger partial charge in [0.05, 0.1) is 6.61 Å². The van der Waals surface area contributed by atoms with Crippen LogP contribution in [0.3, 0.4) is 0 Å². The number of nitrogens with one attached hydrogen (secondary N) is 1. The summed E-state index contributed by atoms with van der Waals surface area (Å²) in [6.45, 7) is 5.90. The van der Waals surface area contributed by atoms with Crippen LogP contribution in [0.25, 0.3) is 0 Å². The zero-order valence-corrected chi connectivity index (χ0v) is 8.27. The van der Waals surface area contributed by atoms with Crippen LogP contribution in [0.15, 0.2) is 0 Å². The van der Waals surface area contributed by atoms with E-state index in [1.54, 1.807) is 0 Å². The van der Waals surface area contributed by atoms with Gasteiger partial charge in [-0.05, 0) is 24.7 Å². The van der Waals surface area contributed by atoms with E-state index >= 15 is 0 Å². The summed E-state index contributed by atoms with van der Waals surface area (Å²) < 4.78 is 0. The van der Waals surface area contributed by atoms with Gasteiger partial charge in [-0.1, -0.05) is 20.3 Å². The highest BCUT2D eigenvalue weighted by molar-refractivity contribution is 4.92. The lowest BCUT2D eigenvalue weighted by atomic mass is 9.79. The van der Waals surface area contributed by atoms with Crippen molar-refractivity contribution in [3.05, 3.63) is 0 Å². The van der Waals surface area contributed by atoms with Crippen molar-refractivity contribution in [3.63, 3.8) is 0 Å². The van der Waals surface area contributed by atoms with Gasteiger partial charge < -0.3 is 10.4 Å². The maximum atomic E-state index is 9.00. The topological polar surface area (TPSA) is 32.3 Å². The summed E-state index contributed by atoms with van der Waals surface area (Å²) in [6, 6.07) is 0.358. The first kappa shape index (κ1) is 10.0. The maximum Gasteiger partial charge on any atom is 0.0584 e. The number of hydrogen-bond acceptors (Lipinski definition) is 2. The lowest BCUT2D eigenvalue weighted by Gasteiger charge is -2.26. The zero-order chi connectivity index (χ0) is 9.03. The van der Waals surface area contributed by atoms with Crippen molar-refractivity contribution in [2.75, 3.05) is 13.2 Å². The molecule has 0 aromatic carbocycles. The zero-order valence-electron chi connectivity index (χ0n) is 8.27. The predicted octanol–water partition coefficient (Wildman–Crippen LogP) is 1.54. The summed E-state index contributed by atoms with van der Waals surface area (Å²) in [7, 11) is 0. The van der Waals surface area contributed by atoms with Crippen LogP contribution >= 0.6 is 0 Å². The van der Waals surface area contributed by atoms with E-state index in [1.165, 1.54) is 19.3 Å². The fraction of sp³-hybridized carbons (Fsp3) is 1.00. The molecule has 0 aromatic rings. The molecule has 2 heteroatoms. The van der Waals surface area contributed by atoms with Gasteiger partial charge in [0.1, 0.15) is 0 Å². The van der Waals surface area contributed by atoms with E-state index < -0.39 is 0 Å². The van der Waals surface area contributed by atoms with E-state index in [9.17, 15) is 0 Å². The Kier molecular flexibility index (Phi) is 3.53. The standard InChI is InChI=1S/C10H21NO/c1-3-5-10(4-2)6-9(7-12)11-8-10/h9,11-12H,3-8H2,1-2H3. The fourth-order valence-corrected chi connectivity index (χ4v) is 2.32. The van der Waals surface area contributed by atoms with Gasteiger partial charge in [0.25, 0.3) is 0 Å². The van der Waals surface area contributed by atoms with E-state index in [-0.39, 0.29) is 0 Å². The molecule has 1 aliphatic rings. The summed E-state index contributed by atoms with van der Waals surface area (Å²) in [5.41, 5.74) is 0.488. The SMILES string of the molecule is CCCC1(CC)CNC(CO)C1. The lowest BCUT2D eigenvalue weighted by molar-refractivity contribution is 0.229. The molecular formula is C10H21NO. The molecule has 0 spiro atoms. The largest absolute Gasteiger partial charge is 0.395 e. The molecule has 12 heavy (non-hydrogen) atoms. The van der Waals surface area contributed by atoms with Crippen molar-refractivity contribution in [3.8, 4) is 0 Å². The van der Waals surface area contributed by atoms with Gasteiger partial charge in [-0.25, -0.2) is 0 Å². The molecule has 0 bridgehead atoms. The van der Waals surface area contributed by atoms with Crippen molar-refractivity contribution >= 4 is 0 Å². The Labute approximate surface area is 75.4 Å². The highest BCUT2D eigenvalue weighted by atomic mass is 16.3. The van der Waals surface area contributed by atoms with Crippen molar-refractivity contribution in [1.82, 2.24) is 5.32 Å². The van der Waals surface area contributed by atoms with E-state index in [1.807, 2.05) is 0 Å². The van der Waals surface area contributed by atoms with Crippen LogP contribution in [0.2, 0.25) is 0 Å². The molecule has 0 aliphatic carbocycles. The molecule has 0 radical (unpaired) electrons. The van der Waals surface area contributed by atoms with Crippen LogP contribution in [0.4, 0.5) is 0 Å². The van der Waals surface area contributed by atoms with Gasteiger partial charge in [0.2, 0.25) is 0 Å². The van der Waals surface area contributed by atoms with Crippen molar-refractivity contribution in [1.29, 1.82) is 0 Å². The van der Waals surface area contributed by atoms with Crippen molar-refractivity contribution < 1.29 is 5.11 Å². The summed E-state index contributed by atoms with van der Waals surface area (Å²) in [5, 5.41) is 12.4. The van der Waals surface area contributed by atoms with Crippen molar-refractivity contribution in [2.24, 2.45) is 5.41 Å². The normalized spacial score (nSPS) is 35.8. The van der Waals surface area contributed by atoms with Crippen LogP contribution < -0.4 is 5.32 Å². The Morgan fingerprint density at radius 1 is 1.50 bits per heavy atom. The minimum Gasteiger partial charge on any atom is -0.395 e. The summed E-state index contributed by atoms with van der Waals surface area (Å²) in [6.07, 6.45) is 4.96. The number of aliphatic hydroxyl groups excluding tert-OH is 1. The molecule has 1 heterocycles. The first-order chi connectivity index (χ1) is 5.76. The minimum absolute atomic E-state index is 0.297. The van der Waals surface area contributed by atoms with Crippen LogP contribution in [-0.4, -0.2) is 24.3 Å². The van der Waals surface area contributed by atoms with Gasteiger partial charge in [-0.2, -0.15) is 0 Å². The smallest absolute Gasteiger partial charge is 0.0584 e. The molecule has 2 atom stereocenters. The van der Waals surface area contributed by atoms with Crippen LogP contribution in [0, 0.1) is 5.41 Å². The van der Waals surface area contributed by atoms with E-state index in [0.717, 1.165) is 13.0 Å². The summed E-state index contributed by atoms with van der Waals surface area (Å²) >= 11 is 0. The second kappa shape index (κ2) is 4.24. The van der Waals surface area contributed by atoms with Gasteiger partial charge in [-0.3, -0.25) is 0 Å². The molecule has 0 saturated carbocycles. The van der Waals surface area contributed by atoms with E-state index in [4.69, 9.17) is 5.11 Å². The molecule has 2 nitrogen and oxygen atoms in total. The average Bonchev–Trinajstić information content (AvgIpc) is 2.50. The van der Waals surface area contributed by atoms with Crippen LogP contribution in [0.1, 0.15) is 39.5 Å². The molecule has 1 rings (SSSR count). The Hall–Kier alpha value is -0.0800. The molecule has 1 saturated heterocycles. The van der Waals surface area contributed by atoms with E-state index in [2.05, 4.69) is 19.2 Å². The highest BCUT2D eigenvalue weighted by Crippen LogP contribution is 2.36. The Morgan fingerprint density at radius 2 is 2.25 bits per heavy atom. The van der Waals surface area contributed by atoms with Gasteiger partial charge in [0.15, 0.2) is 0 Å². The van der Waals surface area contributed by atoms with Gasteiger partial charge >= 0.3 is 0 Å². The Balaban J connectivity index is 2.47. The average molecular weight is 171 g/mol. The Bertz CT molecular complexity index is 138. The molecule has 72 valence electrons. The molecule has 0 amide bonds. The first-order valence-corrected chi connectivity index (χ1v) is 5.10. The molecule has 0 aromatic heterocycles. The van der Waals surface area contributed by atoms with Gasteiger partial charge in [0, 0.05) is 12.6 Å². The fourth-order valence-electron chi connectivity index (χ4n) is 2.32. The molecule has 2 N–H and O–H groups in total. The van der Waals surface area contributed by atoms with E-state index in [0.29, 0.717) is 18.1 Å². The monoisotopic (exact) mass is 171 g/mol. The predicted molar refractivity (Wildman–Crippen MR) is 51.1 cm³/mol. The molecular weight excluding hydrogens is 150 g/mol. The van der Waals surface area contributed by atoms with Crippen molar-refractivity contribution in [2.45, 2.75) is 45.6 Å². The highest BCUT2D eigenvalue weighted by Gasteiger charge is 2.35. The second-order valence-electron chi connectivity index (χ2n) is 4.07. The van der Waals surface area contributed by atoms with Crippen LogP contribution in [0.5, 0.6) is 0 Å². The number of aliphatic hydroxyl groups is 1. The third kappa shape index (κ3) is 1.99. The summed E-state index contributed by atoms with van der Waals surface area (Å²) in [4.78, 5) is 0. The molecule has 1 aliphatic heterocycles. The summed E-state index contributed by atoms with van der Waals surface area (Å²) in [5.74, 6) is 0. The Morgan fingerprint density at radius 3 is 2.67 bits per heavy atom. The van der Waals surface area contributed by atoms with Crippen LogP contribution in [-0.2, 0) is 0 Å².